The second-order valence-electron chi connectivity index (χ2n) is 20.0. The van der Waals surface area contributed by atoms with E-state index in [1.165, 1.54) is 33.0 Å². The minimum atomic E-state index is -1.37. The molecule has 0 saturated heterocycles. The second-order valence-corrected chi connectivity index (χ2v) is 25.1. The van der Waals surface area contributed by atoms with Gasteiger partial charge in [0.15, 0.2) is 5.65 Å². The Morgan fingerprint density at radius 2 is 1.35 bits per heavy atom. The maximum absolute atomic E-state index is 6.52. The van der Waals surface area contributed by atoms with Crippen molar-refractivity contribution in [2.75, 3.05) is 0 Å². The average Bonchev–Trinajstić information content (AvgIpc) is 3.88. The van der Waals surface area contributed by atoms with Gasteiger partial charge in [-0.2, -0.15) is 0 Å². The quantitative estimate of drug-likeness (QED) is 0.112. The van der Waals surface area contributed by atoms with Crippen LogP contribution in [0.5, 0.6) is 0 Å². The third-order valence-electron chi connectivity index (χ3n) is 12.1. The Hall–Kier alpha value is -6.05. The summed E-state index contributed by atoms with van der Waals surface area (Å²) in [6.45, 7) is 23.1. The Morgan fingerprint density at radius 3 is 2.02 bits per heavy atom. The largest absolute Gasteiger partial charge is 0.501 e. The van der Waals surface area contributed by atoms with Gasteiger partial charge in [-0.15, -0.1) is 64.3 Å². The molecule has 0 aliphatic rings. The molecule has 6 nitrogen and oxygen atoms in total. The minimum absolute atomic E-state index is 0. The molecule has 0 N–H and O–H groups in total. The fourth-order valence-corrected chi connectivity index (χ4v) is 10.6. The van der Waals surface area contributed by atoms with E-state index >= 15 is 0 Å². The first-order valence-corrected chi connectivity index (χ1v) is 26.3. The van der Waals surface area contributed by atoms with Crippen LogP contribution < -0.4 is 5.19 Å². The van der Waals surface area contributed by atoms with Gasteiger partial charge in [0.2, 0.25) is 0 Å². The number of pyridine rings is 1. The molecular weight excluding hydrogens is 1000 g/mol. The van der Waals surface area contributed by atoms with Gasteiger partial charge in [0.25, 0.3) is 0 Å². The van der Waals surface area contributed by atoms with E-state index in [9.17, 15) is 0 Å². The van der Waals surface area contributed by atoms with Crippen LogP contribution in [0.15, 0.2) is 144 Å². The molecule has 0 amide bonds. The van der Waals surface area contributed by atoms with Crippen molar-refractivity contribution in [3.05, 3.63) is 168 Å². The molecule has 4 aromatic heterocycles. The normalized spacial score (nSPS) is 12.0. The predicted octanol–water partition coefficient (Wildman–Crippen LogP) is 14.9. The number of furan rings is 1. The van der Waals surface area contributed by atoms with E-state index < -0.39 is 8.07 Å². The van der Waals surface area contributed by atoms with Gasteiger partial charge >= 0.3 is 0 Å². The smallest absolute Gasteiger partial charge is 0.178 e. The molecular formula is C58H57IrN5OSi-2. The number of hydrogen-bond donors (Lipinski definition) is 0. The van der Waals surface area contributed by atoms with Crippen LogP contribution in [0, 0.1) is 17.5 Å². The molecule has 8 heteroatoms. The first-order valence-electron chi connectivity index (χ1n) is 22.8. The van der Waals surface area contributed by atoms with Crippen LogP contribution in [0.3, 0.4) is 0 Å². The number of benzene rings is 6. The van der Waals surface area contributed by atoms with Crippen molar-refractivity contribution in [1.29, 1.82) is 0 Å². The summed E-state index contributed by atoms with van der Waals surface area (Å²) in [7, 11) is -1.37. The van der Waals surface area contributed by atoms with Crippen LogP contribution in [-0.2, 0) is 26.5 Å². The average molecular weight is 1060 g/mol. The number of aromatic nitrogens is 5. The molecule has 0 spiro atoms. The number of nitrogens with zero attached hydrogens (tertiary/aromatic N) is 5. The molecule has 0 fully saturated rings. The summed E-state index contributed by atoms with van der Waals surface area (Å²) in [4.78, 5) is 10.1. The summed E-state index contributed by atoms with van der Waals surface area (Å²) >= 11 is 0. The third-order valence-corrected chi connectivity index (χ3v) is 14.1. The molecule has 10 aromatic rings. The summed E-state index contributed by atoms with van der Waals surface area (Å²) in [5, 5.41) is 14.1. The molecule has 0 aliphatic heterocycles. The van der Waals surface area contributed by atoms with Crippen LogP contribution in [-0.4, -0.2) is 32.8 Å². The Morgan fingerprint density at radius 1 is 0.682 bits per heavy atom. The zero-order valence-corrected chi connectivity index (χ0v) is 43.0. The van der Waals surface area contributed by atoms with E-state index in [4.69, 9.17) is 19.5 Å². The van der Waals surface area contributed by atoms with Crippen LogP contribution >= 0.6 is 0 Å². The van der Waals surface area contributed by atoms with Crippen LogP contribution in [0.2, 0.25) is 19.6 Å². The SMILES string of the molecule is CC(C)(C)Cc1cc(-c2[c-]cccc2)ncc1[Si](C)(C)C.CC(C)c1cc(-c2ccccc2)cc(C(C)C)c1-n1c(-c2[c-]ccc3c2oc2ccccc23)nc2c3ccccc3nnc21.[Ir]. The van der Waals surface area contributed by atoms with Crippen molar-refractivity contribution in [2.45, 2.75) is 86.4 Å². The van der Waals surface area contributed by atoms with Crippen LogP contribution in [0.1, 0.15) is 77.0 Å². The van der Waals surface area contributed by atoms with E-state index in [1.54, 1.807) is 0 Å². The summed E-state index contributed by atoms with van der Waals surface area (Å²) in [5.41, 5.74) is 14.6. The van der Waals surface area contributed by atoms with Gasteiger partial charge < -0.3 is 14.0 Å². The molecule has 6 aromatic carbocycles. The topological polar surface area (TPSA) is 69.6 Å². The molecule has 0 aliphatic carbocycles. The Bertz CT molecular complexity index is 3290. The van der Waals surface area contributed by atoms with Crippen molar-refractivity contribution >= 4 is 57.3 Å². The van der Waals surface area contributed by atoms with E-state index in [0.717, 1.165) is 78.8 Å². The maximum Gasteiger partial charge on any atom is 0.178 e. The van der Waals surface area contributed by atoms with Gasteiger partial charge in [0, 0.05) is 42.8 Å². The summed E-state index contributed by atoms with van der Waals surface area (Å²) in [6, 6.07) is 52.7. The molecule has 0 saturated carbocycles. The van der Waals surface area contributed by atoms with Gasteiger partial charge in [-0.1, -0.05) is 157 Å². The Labute approximate surface area is 403 Å². The monoisotopic (exact) mass is 1060 g/mol. The Balaban J connectivity index is 0.000000228. The zero-order valence-electron chi connectivity index (χ0n) is 39.6. The molecule has 0 atom stereocenters. The van der Waals surface area contributed by atoms with Gasteiger partial charge in [-0.05, 0) is 81.1 Å². The van der Waals surface area contributed by atoms with Gasteiger partial charge in [-0.25, -0.2) is 0 Å². The van der Waals surface area contributed by atoms with Gasteiger partial charge in [-0.3, -0.25) is 4.98 Å². The number of hydrogen-bond acceptors (Lipinski definition) is 5. The first-order chi connectivity index (χ1) is 31.2. The first kappa shape index (κ1) is 46.5. The van der Waals surface area contributed by atoms with E-state index in [-0.39, 0.29) is 37.4 Å². The molecule has 1 radical (unpaired) electrons. The van der Waals surface area contributed by atoms with E-state index in [1.807, 2.05) is 60.7 Å². The van der Waals surface area contributed by atoms with Crippen molar-refractivity contribution in [2.24, 2.45) is 5.41 Å². The fourth-order valence-electron chi connectivity index (χ4n) is 8.99. The molecule has 335 valence electrons. The van der Waals surface area contributed by atoms with Crippen LogP contribution in [0.4, 0.5) is 0 Å². The van der Waals surface area contributed by atoms with Gasteiger partial charge in [0.1, 0.15) is 11.1 Å². The number of para-hydroxylation sites is 1. The van der Waals surface area contributed by atoms with Crippen LogP contribution in [0.25, 0.3) is 83.5 Å². The number of imidazole rings is 1. The second kappa shape index (κ2) is 18.7. The van der Waals surface area contributed by atoms with E-state index in [2.05, 4.69) is 169 Å². The molecule has 66 heavy (non-hydrogen) atoms. The maximum atomic E-state index is 6.52. The number of rotatable bonds is 8. The minimum Gasteiger partial charge on any atom is -0.501 e. The third kappa shape index (κ3) is 9.20. The van der Waals surface area contributed by atoms with Gasteiger partial charge in [0.05, 0.1) is 25.0 Å². The zero-order chi connectivity index (χ0) is 45.6. The molecule has 0 unspecified atom stereocenters. The number of fused-ring (bicyclic) bond motifs is 6. The molecule has 10 rings (SSSR count). The summed E-state index contributed by atoms with van der Waals surface area (Å²) in [5.74, 6) is 1.21. The van der Waals surface area contributed by atoms with Crippen molar-refractivity contribution in [1.82, 2.24) is 24.7 Å². The summed E-state index contributed by atoms with van der Waals surface area (Å²) < 4.78 is 8.74. The standard InChI is InChI=1S/C39H31N4O.C19H26NSi.Ir/c1-23(2)31-21-26(25-13-6-5-7-14-25)22-32(24(3)4)36(31)43-38(40-35-29-16-8-10-19-33(29)41-42-39(35)43)30-18-12-17-28-27-15-9-11-20-34(27)44-37(28)30;1-19(2,3)13-16-12-17(15-10-8-7-9-11-15)20-14-18(16)21(4,5)6;/h5-17,19-24H,1-4H3;7-10,12,14H,13H2,1-6H3;/q2*-1;. The molecule has 4 heterocycles. The predicted molar refractivity (Wildman–Crippen MR) is 274 cm³/mol. The van der Waals surface area contributed by atoms with Crippen molar-refractivity contribution in [3.8, 4) is 39.5 Å². The summed E-state index contributed by atoms with van der Waals surface area (Å²) in [6.07, 6.45) is 3.21. The fraction of sp³-hybridized carbons (Fsp3) is 0.241. The Kier molecular flexibility index (Phi) is 13.2. The molecule has 0 bridgehead atoms. The van der Waals surface area contributed by atoms with Crippen molar-refractivity contribution < 1.29 is 24.5 Å². The van der Waals surface area contributed by atoms with E-state index in [0.29, 0.717) is 0 Å². The van der Waals surface area contributed by atoms with Crippen molar-refractivity contribution in [3.63, 3.8) is 0 Å².